The number of nitrogens with zero attached hydrogens (tertiary/aromatic N) is 2. The van der Waals surface area contributed by atoms with Crippen LogP contribution in [0.1, 0.15) is 6.92 Å². The fourth-order valence-electron chi connectivity index (χ4n) is 1.96. The number of methoxy groups -OCH3 is 1. The van der Waals surface area contributed by atoms with Crippen LogP contribution in [0.25, 0.3) is 0 Å². The summed E-state index contributed by atoms with van der Waals surface area (Å²) in [6.07, 6.45) is 1.85. The van der Waals surface area contributed by atoms with Crippen LogP contribution < -0.4 is 9.64 Å². The van der Waals surface area contributed by atoms with Crippen molar-refractivity contribution in [3.63, 3.8) is 0 Å². The molecule has 1 aromatic heterocycles. The number of hydrogen-bond donors (Lipinski definition) is 0. The first-order chi connectivity index (χ1) is 8.24. The molecule has 5 heteroatoms. The number of rotatable bonds is 3. The van der Waals surface area contributed by atoms with Crippen LogP contribution in [-0.4, -0.2) is 43.3 Å². The zero-order chi connectivity index (χ0) is 12.3. The zero-order valence-electron chi connectivity index (χ0n) is 10.1. The van der Waals surface area contributed by atoms with Crippen LogP contribution in [0.15, 0.2) is 18.3 Å². The quantitative estimate of drug-likeness (QED) is 0.774. The van der Waals surface area contributed by atoms with Crippen molar-refractivity contribution in [2.24, 2.45) is 0 Å². The normalized spacial score (nSPS) is 24.8. The van der Waals surface area contributed by atoms with Crippen LogP contribution in [0, 0.1) is 0 Å². The summed E-state index contributed by atoms with van der Waals surface area (Å²) >= 11 is 5.85. The molecule has 0 radical (unpaired) electrons. The predicted octanol–water partition coefficient (Wildman–Crippen LogP) is 1.92. The molecular weight excluding hydrogens is 240 g/mol. The molecule has 0 aromatic carbocycles. The van der Waals surface area contributed by atoms with E-state index in [1.165, 1.54) is 0 Å². The maximum absolute atomic E-state index is 5.85. The zero-order valence-corrected chi connectivity index (χ0v) is 10.9. The van der Waals surface area contributed by atoms with E-state index in [4.69, 9.17) is 21.1 Å². The molecule has 1 fully saturated rings. The van der Waals surface area contributed by atoms with Gasteiger partial charge in [-0.15, -0.1) is 11.6 Å². The van der Waals surface area contributed by atoms with Crippen molar-refractivity contribution in [2.45, 2.75) is 19.1 Å². The first-order valence-electron chi connectivity index (χ1n) is 5.69. The van der Waals surface area contributed by atoms with Gasteiger partial charge in [0.05, 0.1) is 25.7 Å². The molecule has 1 aromatic rings. The summed E-state index contributed by atoms with van der Waals surface area (Å²) in [7, 11) is 1.62. The Morgan fingerprint density at radius 1 is 1.65 bits per heavy atom. The Labute approximate surface area is 106 Å². The van der Waals surface area contributed by atoms with Gasteiger partial charge in [0.25, 0.3) is 0 Å². The molecule has 4 nitrogen and oxygen atoms in total. The molecule has 2 heterocycles. The van der Waals surface area contributed by atoms with Crippen LogP contribution in [0.2, 0.25) is 0 Å². The molecule has 1 aliphatic heterocycles. The summed E-state index contributed by atoms with van der Waals surface area (Å²) in [5.41, 5.74) is 1.10. The summed E-state index contributed by atoms with van der Waals surface area (Å²) in [4.78, 5) is 6.39. The predicted molar refractivity (Wildman–Crippen MR) is 68.1 cm³/mol. The molecule has 0 N–H and O–H groups in total. The Hall–Kier alpha value is -1.00. The summed E-state index contributed by atoms with van der Waals surface area (Å²) in [6, 6.07) is 4.25. The van der Waals surface area contributed by atoms with Crippen molar-refractivity contribution < 1.29 is 9.47 Å². The summed E-state index contributed by atoms with van der Waals surface area (Å²) < 4.78 is 10.8. The highest BCUT2D eigenvalue weighted by atomic mass is 35.5. The van der Waals surface area contributed by atoms with Gasteiger partial charge < -0.3 is 14.4 Å². The fraction of sp³-hybridized carbons (Fsp3) is 0.583. The van der Waals surface area contributed by atoms with Crippen LogP contribution in [0.5, 0.6) is 5.88 Å². The molecule has 0 saturated carbocycles. The Balaban J connectivity index is 2.18. The number of halogens is 1. The van der Waals surface area contributed by atoms with E-state index in [1.807, 2.05) is 12.1 Å². The first-order valence-corrected chi connectivity index (χ1v) is 6.22. The second kappa shape index (κ2) is 5.56. The minimum absolute atomic E-state index is 0.0898. The van der Waals surface area contributed by atoms with Crippen molar-refractivity contribution in [3.8, 4) is 5.88 Å². The Bertz CT molecular complexity index is 375. The second-order valence-electron chi connectivity index (χ2n) is 4.17. The minimum atomic E-state index is 0.0898. The van der Waals surface area contributed by atoms with Gasteiger partial charge in [0.1, 0.15) is 0 Å². The molecule has 0 amide bonds. The number of aromatic nitrogens is 1. The smallest absolute Gasteiger partial charge is 0.214 e. The summed E-state index contributed by atoms with van der Waals surface area (Å²) in [5, 5.41) is 0. The van der Waals surface area contributed by atoms with E-state index in [-0.39, 0.29) is 6.10 Å². The van der Waals surface area contributed by atoms with Crippen molar-refractivity contribution in [3.05, 3.63) is 18.3 Å². The molecule has 2 atom stereocenters. The third-order valence-corrected chi connectivity index (χ3v) is 3.28. The van der Waals surface area contributed by atoms with E-state index < -0.39 is 0 Å². The highest BCUT2D eigenvalue weighted by molar-refractivity contribution is 6.18. The lowest BCUT2D eigenvalue weighted by Crippen LogP contribution is -2.49. The lowest BCUT2D eigenvalue weighted by molar-refractivity contribution is 0.0364. The monoisotopic (exact) mass is 256 g/mol. The number of morpholine rings is 1. The number of hydrogen-bond acceptors (Lipinski definition) is 4. The highest BCUT2D eigenvalue weighted by Gasteiger charge is 2.25. The number of ether oxygens (including phenoxy) is 2. The minimum Gasteiger partial charge on any atom is -0.481 e. The van der Waals surface area contributed by atoms with E-state index in [1.54, 1.807) is 13.3 Å². The van der Waals surface area contributed by atoms with Gasteiger partial charge >= 0.3 is 0 Å². The largest absolute Gasteiger partial charge is 0.481 e. The van der Waals surface area contributed by atoms with Crippen molar-refractivity contribution in [2.75, 3.05) is 31.0 Å². The lowest BCUT2D eigenvalue weighted by Gasteiger charge is -2.39. The summed E-state index contributed by atoms with van der Waals surface area (Å²) in [6.45, 7) is 3.64. The average Bonchev–Trinajstić information content (AvgIpc) is 2.39. The summed E-state index contributed by atoms with van der Waals surface area (Å²) in [5.74, 6) is 1.15. The van der Waals surface area contributed by atoms with E-state index in [0.29, 0.717) is 24.4 Å². The first kappa shape index (κ1) is 12.5. The Morgan fingerprint density at radius 3 is 3.18 bits per heavy atom. The van der Waals surface area contributed by atoms with Gasteiger partial charge in [-0.25, -0.2) is 4.98 Å². The molecule has 17 heavy (non-hydrogen) atoms. The number of alkyl halides is 1. The van der Waals surface area contributed by atoms with Gasteiger partial charge in [0, 0.05) is 30.5 Å². The maximum atomic E-state index is 5.85. The molecular formula is C12H17ClN2O2. The molecule has 0 spiro atoms. The molecule has 2 unspecified atom stereocenters. The maximum Gasteiger partial charge on any atom is 0.214 e. The van der Waals surface area contributed by atoms with Crippen LogP contribution in [0.4, 0.5) is 5.69 Å². The van der Waals surface area contributed by atoms with Gasteiger partial charge in [-0.3, -0.25) is 0 Å². The standard InChI is InChI=1S/C12H17ClN2O2/c1-9-8-17-11(6-13)7-15(9)10-3-4-14-12(5-10)16-2/h3-5,9,11H,6-8H2,1-2H3. The van der Waals surface area contributed by atoms with Gasteiger partial charge in [-0.1, -0.05) is 0 Å². The molecule has 94 valence electrons. The van der Waals surface area contributed by atoms with E-state index >= 15 is 0 Å². The van der Waals surface area contributed by atoms with E-state index in [0.717, 1.165) is 12.2 Å². The topological polar surface area (TPSA) is 34.6 Å². The molecule has 2 rings (SSSR count). The van der Waals surface area contributed by atoms with E-state index in [2.05, 4.69) is 16.8 Å². The SMILES string of the molecule is COc1cc(N2CC(CCl)OCC2C)ccn1. The number of anilines is 1. The third-order valence-electron chi connectivity index (χ3n) is 2.94. The second-order valence-corrected chi connectivity index (χ2v) is 4.48. The molecule has 0 bridgehead atoms. The van der Waals surface area contributed by atoms with Gasteiger partial charge in [-0.05, 0) is 13.0 Å². The average molecular weight is 257 g/mol. The van der Waals surface area contributed by atoms with Crippen molar-refractivity contribution in [1.29, 1.82) is 0 Å². The van der Waals surface area contributed by atoms with Crippen molar-refractivity contribution in [1.82, 2.24) is 4.98 Å². The number of pyridine rings is 1. The van der Waals surface area contributed by atoms with Gasteiger partial charge in [-0.2, -0.15) is 0 Å². The molecule has 1 aliphatic rings. The third kappa shape index (κ3) is 2.82. The van der Waals surface area contributed by atoms with Crippen molar-refractivity contribution >= 4 is 17.3 Å². The fourth-order valence-corrected chi connectivity index (χ4v) is 2.15. The molecule has 0 aliphatic carbocycles. The molecule has 1 saturated heterocycles. The van der Waals surface area contributed by atoms with Crippen LogP contribution in [-0.2, 0) is 4.74 Å². The Morgan fingerprint density at radius 2 is 2.47 bits per heavy atom. The van der Waals surface area contributed by atoms with Crippen LogP contribution in [0.3, 0.4) is 0 Å². The van der Waals surface area contributed by atoms with Gasteiger partial charge in [0.2, 0.25) is 5.88 Å². The highest BCUT2D eigenvalue weighted by Crippen LogP contribution is 2.24. The lowest BCUT2D eigenvalue weighted by atomic mass is 10.2. The van der Waals surface area contributed by atoms with E-state index in [9.17, 15) is 0 Å². The van der Waals surface area contributed by atoms with Crippen LogP contribution >= 0.6 is 11.6 Å². The Kier molecular flexibility index (Phi) is 4.07. The van der Waals surface area contributed by atoms with Gasteiger partial charge in [0.15, 0.2) is 0 Å².